The molecule has 2 heterocycles. The monoisotopic (exact) mass is 258 g/mol. The van der Waals surface area contributed by atoms with Crippen molar-refractivity contribution >= 4 is 21.8 Å². The fraction of sp³-hybridized carbons (Fsp3) is 0.353. The first kappa shape index (κ1) is 17.2. The van der Waals surface area contributed by atoms with Gasteiger partial charge in [0.15, 0.2) is 0 Å². The maximum atomic E-state index is 4.12. The summed E-state index contributed by atoms with van der Waals surface area (Å²) in [6.07, 6.45) is 3.70. The zero-order valence-electron chi connectivity index (χ0n) is 13.0. The first-order chi connectivity index (χ1) is 9.45. The van der Waals surface area contributed by atoms with Crippen LogP contribution < -0.4 is 0 Å². The lowest BCUT2D eigenvalue weighted by Gasteiger charge is -1.87. The van der Waals surface area contributed by atoms with E-state index in [1.54, 1.807) is 6.20 Å². The molecule has 0 unspecified atom stereocenters. The Morgan fingerprint density at radius 2 is 1.32 bits per heavy atom. The van der Waals surface area contributed by atoms with Crippen LogP contribution in [0.1, 0.15) is 41.5 Å². The largest absolute Gasteiger partial charge is 0.354 e. The summed E-state index contributed by atoms with van der Waals surface area (Å²) in [4.78, 5) is 7.45. The van der Waals surface area contributed by atoms with Gasteiger partial charge in [-0.05, 0) is 12.1 Å². The molecule has 3 aromatic rings. The van der Waals surface area contributed by atoms with Crippen LogP contribution in [0.15, 0.2) is 42.7 Å². The summed E-state index contributed by atoms with van der Waals surface area (Å²) >= 11 is 0. The number of aromatic nitrogens is 2. The van der Waals surface area contributed by atoms with Gasteiger partial charge in [-0.3, -0.25) is 4.98 Å². The molecule has 0 aliphatic heterocycles. The summed E-state index contributed by atoms with van der Waals surface area (Å²) in [7, 11) is 0. The van der Waals surface area contributed by atoms with Crippen molar-refractivity contribution in [3.63, 3.8) is 0 Å². The van der Waals surface area contributed by atoms with Crippen LogP contribution in [0.25, 0.3) is 21.8 Å². The van der Waals surface area contributed by atoms with Crippen molar-refractivity contribution in [3.8, 4) is 0 Å². The van der Waals surface area contributed by atoms with E-state index in [0.717, 1.165) is 5.52 Å². The minimum atomic E-state index is 1.15. The second-order valence-corrected chi connectivity index (χ2v) is 3.09. The van der Waals surface area contributed by atoms with Gasteiger partial charge in [0.1, 0.15) is 0 Å². The molecule has 1 aromatic carbocycles. The molecule has 0 aliphatic carbocycles. The smallest absolute Gasteiger partial charge is 0.0495 e. The molecule has 0 bridgehead atoms. The number of para-hydroxylation sites is 1. The van der Waals surface area contributed by atoms with Crippen molar-refractivity contribution in [2.75, 3.05) is 0 Å². The lowest BCUT2D eigenvalue weighted by molar-refractivity contribution is 1.36. The van der Waals surface area contributed by atoms with E-state index in [4.69, 9.17) is 0 Å². The zero-order valence-corrected chi connectivity index (χ0v) is 13.0. The van der Waals surface area contributed by atoms with Gasteiger partial charge < -0.3 is 4.98 Å². The van der Waals surface area contributed by atoms with E-state index in [0.29, 0.717) is 0 Å². The summed E-state index contributed by atoms with van der Waals surface area (Å²) in [5.41, 5.74) is 2.32. The Hall–Kier alpha value is -1.83. The van der Waals surface area contributed by atoms with Crippen LogP contribution in [-0.4, -0.2) is 9.97 Å². The number of rotatable bonds is 0. The molecule has 2 aromatic heterocycles. The van der Waals surface area contributed by atoms with Crippen molar-refractivity contribution in [1.29, 1.82) is 0 Å². The molecule has 1 N–H and O–H groups in total. The summed E-state index contributed by atoms with van der Waals surface area (Å²) in [6.45, 7) is 12.0. The van der Waals surface area contributed by atoms with Gasteiger partial charge in [-0.2, -0.15) is 0 Å². The Kier molecular flexibility index (Phi) is 9.15. The average molecular weight is 258 g/mol. The molecule has 0 saturated heterocycles. The van der Waals surface area contributed by atoms with Gasteiger partial charge >= 0.3 is 0 Å². The molecular formula is C17H26N2. The Morgan fingerprint density at radius 3 is 2.00 bits per heavy atom. The standard InChI is InChI=1S/C11H8N2.3C2H6/c1-2-4-10-8(3-1)9-7-12-6-5-11(9)13-10;3*1-2/h1-7,13H;3*1-2H3. The number of fused-ring (bicyclic) bond motifs is 3. The van der Waals surface area contributed by atoms with Gasteiger partial charge in [0.25, 0.3) is 0 Å². The molecule has 0 fully saturated rings. The van der Waals surface area contributed by atoms with E-state index in [1.165, 1.54) is 16.3 Å². The van der Waals surface area contributed by atoms with Crippen LogP contribution in [0, 0.1) is 0 Å². The summed E-state index contributed by atoms with van der Waals surface area (Å²) in [5, 5.41) is 2.43. The predicted molar refractivity (Wildman–Crippen MR) is 87.6 cm³/mol. The summed E-state index contributed by atoms with van der Waals surface area (Å²) in [5.74, 6) is 0. The van der Waals surface area contributed by atoms with Gasteiger partial charge in [0.05, 0.1) is 0 Å². The fourth-order valence-corrected chi connectivity index (χ4v) is 1.69. The minimum Gasteiger partial charge on any atom is -0.354 e. The predicted octanol–water partition coefficient (Wildman–Crippen LogP) is 5.79. The van der Waals surface area contributed by atoms with Crippen LogP contribution in [0.2, 0.25) is 0 Å². The molecule has 0 aliphatic rings. The maximum Gasteiger partial charge on any atom is 0.0495 e. The number of benzene rings is 1. The van der Waals surface area contributed by atoms with Crippen LogP contribution in [0.4, 0.5) is 0 Å². The molecular weight excluding hydrogens is 232 g/mol. The number of hydrogen-bond donors (Lipinski definition) is 1. The number of hydrogen-bond acceptors (Lipinski definition) is 1. The highest BCUT2D eigenvalue weighted by atomic mass is 14.7. The third-order valence-electron chi connectivity index (χ3n) is 2.31. The third kappa shape index (κ3) is 4.09. The summed E-state index contributed by atoms with van der Waals surface area (Å²) < 4.78 is 0. The van der Waals surface area contributed by atoms with Crippen molar-refractivity contribution in [2.24, 2.45) is 0 Å². The minimum absolute atomic E-state index is 1.15. The highest BCUT2D eigenvalue weighted by molar-refractivity contribution is 6.06. The van der Waals surface area contributed by atoms with Gasteiger partial charge in [0.2, 0.25) is 0 Å². The summed E-state index contributed by atoms with van der Waals surface area (Å²) in [6, 6.07) is 10.3. The van der Waals surface area contributed by atoms with E-state index in [-0.39, 0.29) is 0 Å². The van der Waals surface area contributed by atoms with Crippen molar-refractivity contribution in [2.45, 2.75) is 41.5 Å². The van der Waals surface area contributed by atoms with E-state index in [9.17, 15) is 0 Å². The SMILES string of the molecule is CC.CC.CC.c1ccc2c(c1)[nH]c1ccncc12. The van der Waals surface area contributed by atoms with Gasteiger partial charge in [-0.15, -0.1) is 0 Å². The quantitative estimate of drug-likeness (QED) is 0.542. The number of H-pyrrole nitrogens is 1. The second-order valence-electron chi connectivity index (χ2n) is 3.09. The fourth-order valence-electron chi connectivity index (χ4n) is 1.69. The van der Waals surface area contributed by atoms with Gasteiger partial charge in [-0.1, -0.05) is 59.7 Å². The lowest BCUT2D eigenvalue weighted by Crippen LogP contribution is -1.68. The molecule has 104 valence electrons. The van der Waals surface area contributed by atoms with Crippen LogP contribution in [0.3, 0.4) is 0 Å². The molecule has 0 amide bonds. The van der Waals surface area contributed by atoms with E-state index in [1.807, 2.05) is 65.9 Å². The Balaban J connectivity index is 0.000000482. The topological polar surface area (TPSA) is 28.7 Å². The Bertz CT molecular complexity index is 517. The van der Waals surface area contributed by atoms with Gasteiger partial charge in [-0.25, -0.2) is 0 Å². The average Bonchev–Trinajstić information content (AvgIpc) is 2.92. The van der Waals surface area contributed by atoms with E-state index in [2.05, 4.69) is 22.1 Å². The molecule has 19 heavy (non-hydrogen) atoms. The molecule has 3 rings (SSSR count). The van der Waals surface area contributed by atoms with Crippen LogP contribution in [-0.2, 0) is 0 Å². The molecule has 0 saturated carbocycles. The second kappa shape index (κ2) is 10.1. The molecule has 0 radical (unpaired) electrons. The molecule has 2 heteroatoms. The number of aromatic amines is 1. The maximum absolute atomic E-state index is 4.12. The van der Waals surface area contributed by atoms with Crippen molar-refractivity contribution in [1.82, 2.24) is 9.97 Å². The Morgan fingerprint density at radius 1 is 0.737 bits per heavy atom. The first-order valence-electron chi connectivity index (χ1n) is 7.25. The normalized spacial score (nSPS) is 8.53. The molecule has 2 nitrogen and oxygen atoms in total. The van der Waals surface area contributed by atoms with E-state index >= 15 is 0 Å². The highest BCUT2D eigenvalue weighted by Crippen LogP contribution is 2.23. The number of pyridine rings is 1. The van der Waals surface area contributed by atoms with Crippen molar-refractivity contribution in [3.05, 3.63) is 42.7 Å². The zero-order chi connectivity index (χ0) is 14.7. The molecule has 0 spiro atoms. The van der Waals surface area contributed by atoms with Gasteiger partial charge in [0, 0.05) is 34.2 Å². The number of nitrogens with zero attached hydrogens (tertiary/aromatic N) is 1. The Labute approximate surface area is 116 Å². The van der Waals surface area contributed by atoms with E-state index < -0.39 is 0 Å². The lowest BCUT2D eigenvalue weighted by atomic mass is 10.2. The number of nitrogens with one attached hydrogen (secondary N) is 1. The third-order valence-corrected chi connectivity index (χ3v) is 2.31. The first-order valence-corrected chi connectivity index (χ1v) is 7.25. The van der Waals surface area contributed by atoms with Crippen LogP contribution in [0.5, 0.6) is 0 Å². The molecule has 0 atom stereocenters. The van der Waals surface area contributed by atoms with Crippen LogP contribution >= 0.6 is 0 Å². The highest BCUT2D eigenvalue weighted by Gasteiger charge is 2.00. The van der Waals surface area contributed by atoms with Crippen molar-refractivity contribution < 1.29 is 0 Å².